The van der Waals surface area contributed by atoms with Crippen LogP contribution in [-0.4, -0.2) is 13.1 Å². The molecule has 2 aromatic rings. The van der Waals surface area contributed by atoms with E-state index in [4.69, 9.17) is 0 Å². The molecule has 0 fully saturated rings. The van der Waals surface area contributed by atoms with Crippen LogP contribution in [0.5, 0.6) is 0 Å². The number of carbonyl (C=O) groups is 1. The number of carbonyl (C=O) groups excluding carboxylic acids is 1. The molecule has 0 bridgehead atoms. The third-order valence-electron chi connectivity index (χ3n) is 3.17. The second-order valence-electron chi connectivity index (χ2n) is 4.59. The average Bonchev–Trinajstić information content (AvgIpc) is 2.41. The van der Waals surface area contributed by atoms with E-state index in [9.17, 15) is 4.79 Å². The lowest BCUT2D eigenvalue weighted by molar-refractivity contribution is 0.258. The minimum atomic E-state index is -0.136. The Hall–Kier alpha value is -2.29. The number of nitrogens with one attached hydrogen (secondary N) is 1. The number of nitrogens with zero attached hydrogens (tertiary/aromatic N) is 1. The van der Waals surface area contributed by atoms with Gasteiger partial charge in [0.05, 0.1) is 0 Å². The number of hydrogen-bond donors (Lipinski definition) is 1. The molecule has 0 saturated carbocycles. The van der Waals surface area contributed by atoms with Crippen LogP contribution in [0.25, 0.3) is 0 Å². The van der Waals surface area contributed by atoms with Crippen LogP contribution in [0.4, 0.5) is 16.2 Å². The van der Waals surface area contributed by atoms with Gasteiger partial charge in [0, 0.05) is 18.4 Å². The minimum absolute atomic E-state index is 0.136. The van der Waals surface area contributed by atoms with Crippen LogP contribution >= 0.6 is 0 Å². The van der Waals surface area contributed by atoms with Crippen molar-refractivity contribution in [3.63, 3.8) is 0 Å². The van der Waals surface area contributed by atoms with Gasteiger partial charge in [0.2, 0.25) is 0 Å². The maximum Gasteiger partial charge on any atom is 0.326 e. The third-order valence-corrected chi connectivity index (χ3v) is 3.17. The third kappa shape index (κ3) is 2.94. The lowest BCUT2D eigenvalue weighted by Gasteiger charge is -2.20. The largest absolute Gasteiger partial charge is 0.326 e. The van der Waals surface area contributed by atoms with Gasteiger partial charge in [0.15, 0.2) is 0 Å². The highest BCUT2D eigenvalue weighted by Gasteiger charge is 2.13. The highest BCUT2D eigenvalue weighted by molar-refractivity contribution is 6.02. The number of para-hydroxylation sites is 2. The Balaban J connectivity index is 2.17. The van der Waals surface area contributed by atoms with Gasteiger partial charge in [0.25, 0.3) is 0 Å². The second-order valence-corrected chi connectivity index (χ2v) is 4.59. The quantitative estimate of drug-likeness (QED) is 0.864. The molecule has 3 nitrogen and oxygen atoms in total. The predicted octanol–water partition coefficient (Wildman–Crippen LogP) is 3.97. The van der Waals surface area contributed by atoms with Crippen molar-refractivity contribution in [1.82, 2.24) is 0 Å². The maximum absolute atomic E-state index is 12.2. The van der Waals surface area contributed by atoms with Crippen LogP contribution < -0.4 is 10.2 Å². The molecular formula is C16H18N2O. The van der Waals surface area contributed by atoms with Gasteiger partial charge in [-0.05, 0) is 37.1 Å². The van der Waals surface area contributed by atoms with E-state index >= 15 is 0 Å². The van der Waals surface area contributed by atoms with E-state index in [0.717, 1.165) is 22.5 Å². The zero-order chi connectivity index (χ0) is 13.8. The SMILES string of the molecule is Cc1ccccc1NC(=O)N(C)c1ccccc1C. The van der Waals surface area contributed by atoms with Crippen LogP contribution in [0.1, 0.15) is 11.1 Å². The van der Waals surface area contributed by atoms with Crippen molar-refractivity contribution in [3.8, 4) is 0 Å². The molecule has 0 spiro atoms. The first-order chi connectivity index (χ1) is 9.09. The Morgan fingerprint density at radius 3 is 2.16 bits per heavy atom. The summed E-state index contributed by atoms with van der Waals surface area (Å²) in [5.74, 6) is 0. The van der Waals surface area contributed by atoms with Gasteiger partial charge in [-0.15, -0.1) is 0 Å². The zero-order valence-electron chi connectivity index (χ0n) is 11.5. The number of urea groups is 1. The molecule has 0 saturated heterocycles. The summed E-state index contributed by atoms with van der Waals surface area (Å²) < 4.78 is 0. The smallest absolute Gasteiger partial charge is 0.307 e. The van der Waals surface area contributed by atoms with Crippen LogP contribution in [0, 0.1) is 13.8 Å². The summed E-state index contributed by atoms with van der Waals surface area (Å²) >= 11 is 0. The maximum atomic E-state index is 12.2. The van der Waals surface area contributed by atoms with Crippen LogP contribution in [0.15, 0.2) is 48.5 Å². The monoisotopic (exact) mass is 254 g/mol. The van der Waals surface area contributed by atoms with E-state index in [1.807, 2.05) is 62.4 Å². The summed E-state index contributed by atoms with van der Waals surface area (Å²) in [4.78, 5) is 13.9. The first-order valence-electron chi connectivity index (χ1n) is 6.25. The summed E-state index contributed by atoms with van der Waals surface area (Å²) in [7, 11) is 1.77. The molecule has 3 heteroatoms. The minimum Gasteiger partial charge on any atom is -0.307 e. The molecule has 2 rings (SSSR count). The fourth-order valence-electron chi connectivity index (χ4n) is 1.96. The fraction of sp³-hybridized carbons (Fsp3) is 0.188. The first kappa shape index (κ1) is 13.1. The Morgan fingerprint density at radius 1 is 0.947 bits per heavy atom. The van der Waals surface area contributed by atoms with Gasteiger partial charge in [-0.2, -0.15) is 0 Å². The molecule has 0 heterocycles. The van der Waals surface area contributed by atoms with Crippen molar-refractivity contribution < 1.29 is 4.79 Å². The molecule has 0 aliphatic carbocycles. The summed E-state index contributed by atoms with van der Waals surface area (Å²) in [6.45, 7) is 3.97. The Labute approximate surface area is 113 Å². The number of amides is 2. The topological polar surface area (TPSA) is 32.3 Å². The number of benzene rings is 2. The fourth-order valence-corrected chi connectivity index (χ4v) is 1.96. The Bertz CT molecular complexity index is 593. The van der Waals surface area contributed by atoms with E-state index < -0.39 is 0 Å². The van der Waals surface area contributed by atoms with Gasteiger partial charge in [-0.3, -0.25) is 4.90 Å². The number of anilines is 2. The summed E-state index contributed by atoms with van der Waals surface area (Å²) in [6, 6.07) is 15.4. The highest BCUT2D eigenvalue weighted by atomic mass is 16.2. The molecule has 98 valence electrons. The number of hydrogen-bond acceptors (Lipinski definition) is 1. The molecule has 0 unspecified atom stereocenters. The molecule has 0 aliphatic rings. The number of aryl methyl sites for hydroxylation is 2. The van der Waals surface area contributed by atoms with Gasteiger partial charge in [-0.1, -0.05) is 36.4 Å². The molecule has 19 heavy (non-hydrogen) atoms. The molecule has 2 aromatic carbocycles. The molecule has 0 aromatic heterocycles. The van der Waals surface area contributed by atoms with E-state index in [1.54, 1.807) is 11.9 Å². The van der Waals surface area contributed by atoms with Crippen molar-refractivity contribution in [1.29, 1.82) is 0 Å². The normalized spacial score (nSPS) is 10.1. The molecule has 2 amide bonds. The van der Waals surface area contributed by atoms with Crippen molar-refractivity contribution in [2.24, 2.45) is 0 Å². The van der Waals surface area contributed by atoms with Gasteiger partial charge < -0.3 is 5.32 Å². The molecule has 1 N–H and O–H groups in total. The number of rotatable bonds is 2. The highest BCUT2D eigenvalue weighted by Crippen LogP contribution is 2.20. The molecule has 0 atom stereocenters. The Morgan fingerprint density at radius 2 is 1.53 bits per heavy atom. The predicted molar refractivity (Wildman–Crippen MR) is 79.8 cm³/mol. The molecule has 0 aliphatic heterocycles. The standard InChI is InChI=1S/C16H18N2O/c1-12-8-4-6-10-14(12)17-16(19)18(3)15-11-7-5-9-13(15)2/h4-11H,1-3H3,(H,17,19). The Kier molecular flexibility index (Phi) is 3.85. The van der Waals surface area contributed by atoms with E-state index in [0.29, 0.717) is 0 Å². The summed E-state index contributed by atoms with van der Waals surface area (Å²) in [5, 5.41) is 2.92. The lowest BCUT2D eigenvalue weighted by atomic mass is 10.2. The molecular weight excluding hydrogens is 236 g/mol. The molecule has 0 radical (unpaired) electrons. The lowest BCUT2D eigenvalue weighted by Crippen LogP contribution is -2.31. The average molecular weight is 254 g/mol. The van der Waals surface area contributed by atoms with Crippen molar-refractivity contribution in [3.05, 3.63) is 59.7 Å². The van der Waals surface area contributed by atoms with Crippen molar-refractivity contribution >= 4 is 17.4 Å². The summed E-state index contributed by atoms with van der Waals surface area (Å²) in [5.41, 5.74) is 3.88. The van der Waals surface area contributed by atoms with Gasteiger partial charge in [0.1, 0.15) is 0 Å². The van der Waals surface area contributed by atoms with Crippen molar-refractivity contribution in [2.75, 3.05) is 17.3 Å². The summed E-state index contributed by atoms with van der Waals surface area (Å²) in [6.07, 6.45) is 0. The second kappa shape index (κ2) is 5.57. The van der Waals surface area contributed by atoms with E-state index in [-0.39, 0.29) is 6.03 Å². The van der Waals surface area contributed by atoms with Crippen LogP contribution in [0.3, 0.4) is 0 Å². The van der Waals surface area contributed by atoms with E-state index in [2.05, 4.69) is 5.32 Å². The van der Waals surface area contributed by atoms with Crippen LogP contribution in [0.2, 0.25) is 0 Å². The van der Waals surface area contributed by atoms with E-state index in [1.165, 1.54) is 0 Å². The van der Waals surface area contributed by atoms with Gasteiger partial charge in [-0.25, -0.2) is 4.79 Å². The first-order valence-corrected chi connectivity index (χ1v) is 6.25. The van der Waals surface area contributed by atoms with Gasteiger partial charge >= 0.3 is 6.03 Å². The zero-order valence-corrected chi connectivity index (χ0v) is 11.5. The van der Waals surface area contributed by atoms with Crippen molar-refractivity contribution in [2.45, 2.75) is 13.8 Å². The van der Waals surface area contributed by atoms with Crippen LogP contribution in [-0.2, 0) is 0 Å².